The quantitative estimate of drug-likeness (QED) is 0.695. The number of hydrogen-bond donors (Lipinski definition) is 3. The average Bonchev–Trinajstić information content (AvgIpc) is 2.56. The first-order valence-electron chi connectivity index (χ1n) is 8.31. The highest BCUT2D eigenvalue weighted by atomic mass is 16.4. The molecule has 132 valence electrons. The predicted molar refractivity (Wildman–Crippen MR) is 89.5 cm³/mol. The number of carboxylic acid groups (broad SMARTS) is 1. The third-order valence-electron chi connectivity index (χ3n) is 4.58. The zero-order valence-corrected chi connectivity index (χ0v) is 13.9. The molecule has 7 nitrogen and oxygen atoms in total. The molecule has 24 heavy (non-hydrogen) atoms. The van der Waals surface area contributed by atoms with Gasteiger partial charge in [-0.1, -0.05) is 13.3 Å². The first-order valence-corrected chi connectivity index (χ1v) is 8.31. The fourth-order valence-electron chi connectivity index (χ4n) is 3.28. The molecule has 0 spiro atoms. The van der Waals surface area contributed by atoms with Crippen LogP contribution in [0.15, 0.2) is 24.5 Å². The summed E-state index contributed by atoms with van der Waals surface area (Å²) >= 11 is 0. The summed E-state index contributed by atoms with van der Waals surface area (Å²) in [6, 6.07) is 3.51. The summed E-state index contributed by atoms with van der Waals surface area (Å²) in [6.07, 6.45) is 4.18. The summed E-state index contributed by atoms with van der Waals surface area (Å²) in [7, 11) is 0. The standard InChI is InChI=1S/C17H25N3O4/c1-2-7-17(16(23)24)12-20(9-5-14(17)21)10-6-15(22)19-13-4-3-8-18-11-13/h3-4,8,11,14,21H,2,5-7,9-10,12H2,1H3,(H,19,22)(H,23,24)/t14-,17+/m1/s1. The number of hydrogen-bond acceptors (Lipinski definition) is 5. The van der Waals surface area contributed by atoms with Gasteiger partial charge in [-0.2, -0.15) is 0 Å². The number of likely N-dealkylation sites (tertiary alicyclic amines) is 1. The molecule has 0 aliphatic carbocycles. The van der Waals surface area contributed by atoms with Crippen LogP contribution in [0.4, 0.5) is 5.69 Å². The molecular weight excluding hydrogens is 310 g/mol. The summed E-state index contributed by atoms with van der Waals surface area (Å²) in [6.45, 7) is 3.26. The third-order valence-corrected chi connectivity index (χ3v) is 4.58. The van der Waals surface area contributed by atoms with Crippen molar-refractivity contribution in [1.29, 1.82) is 0 Å². The molecule has 1 fully saturated rings. The van der Waals surface area contributed by atoms with E-state index >= 15 is 0 Å². The van der Waals surface area contributed by atoms with Gasteiger partial charge in [-0.05, 0) is 25.0 Å². The number of piperidine rings is 1. The number of nitrogens with zero attached hydrogens (tertiary/aromatic N) is 2. The molecule has 1 aliphatic heterocycles. The zero-order chi connectivity index (χ0) is 17.6. The Morgan fingerprint density at radius 2 is 2.29 bits per heavy atom. The lowest BCUT2D eigenvalue weighted by atomic mass is 9.74. The van der Waals surface area contributed by atoms with Crippen molar-refractivity contribution in [3.05, 3.63) is 24.5 Å². The molecular formula is C17H25N3O4. The van der Waals surface area contributed by atoms with Gasteiger partial charge in [0, 0.05) is 32.3 Å². The van der Waals surface area contributed by atoms with Crippen LogP contribution in [-0.4, -0.2) is 57.7 Å². The number of aromatic nitrogens is 1. The van der Waals surface area contributed by atoms with Crippen molar-refractivity contribution >= 4 is 17.6 Å². The molecule has 1 aliphatic rings. The van der Waals surface area contributed by atoms with E-state index in [9.17, 15) is 19.8 Å². The minimum atomic E-state index is -1.13. The number of aliphatic carboxylic acids is 1. The Morgan fingerprint density at radius 3 is 2.92 bits per heavy atom. The first-order chi connectivity index (χ1) is 11.5. The van der Waals surface area contributed by atoms with Gasteiger partial charge in [0.15, 0.2) is 0 Å². The van der Waals surface area contributed by atoms with Crippen LogP contribution >= 0.6 is 0 Å². The number of aliphatic hydroxyl groups is 1. The average molecular weight is 335 g/mol. The van der Waals surface area contributed by atoms with Crippen LogP contribution in [0.1, 0.15) is 32.6 Å². The van der Waals surface area contributed by atoms with E-state index in [1.807, 2.05) is 11.8 Å². The Kier molecular flexibility index (Phi) is 6.28. The molecule has 3 N–H and O–H groups in total. The van der Waals surface area contributed by atoms with Crippen LogP contribution < -0.4 is 5.32 Å². The molecule has 7 heteroatoms. The van der Waals surface area contributed by atoms with E-state index in [1.165, 1.54) is 0 Å². The maximum absolute atomic E-state index is 12.0. The molecule has 2 heterocycles. The van der Waals surface area contributed by atoms with Gasteiger partial charge in [0.25, 0.3) is 0 Å². The lowest BCUT2D eigenvalue weighted by Gasteiger charge is -2.43. The van der Waals surface area contributed by atoms with Gasteiger partial charge in [-0.25, -0.2) is 0 Å². The minimum Gasteiger partial charge on any atom is -0.481 e. The summed E-state index contributed by atoms with van der Waals surface area (Å²) in [5.41, 5.74) is -0.491. The van der Waals surface area contributed by atoms with Crippen molar-refractivity contribution in [2.24, 2.45) is 5.41 Å². The summed E-state index contributed by atoms with van der Waals surface area (Å²) in [4.78, 5) is 29.6. The van der Waals surface area contributed by atoms with E-state index in [-0.39, 0.29) is 18.9 Å². The lowest BCUT2D eigenvalue weighted by molar-refractivity contribution is -0.164. The molecule has 0 radical (unpaired) electrons. The van der Waals surface area contributed by atoms with Gasteiger partial charge in [0.2, 0.25) is 5.91 Å². The van der Waals surface area contributed by atoms with E-state index < -0.39 is 17.5 Å². The second-order valence-electron chi connectivity index (χ2n) is 6.33. The van der Waals surface area contributed by atoms with Gasteiger partial charge < -0.3 is 20.4 Å². The van der Waals surface area contributed by atoms with Crippen LogP contribution in [0.25, 0.3) is 0 Å². The largest absolute Gasteiger partial charge is 0.481 e. The molecule has 2 atom stereocenters. The number of aliphatic hydroxyl groups excluding tert-OH is 1. The highest BCUT2D eigenvalue weighted by molar-refractivity contribution is 5.90. The van der Waals surface area contributed by atoms with Crippen molar-refractivity contribution in [3.63, 3.8) is 0 Å². The van der Waals surface area contributed by atoms with E-state index in [0.29, 0.717) is 38.0 Å². The molecule has 0 saturated carbocycles. The smallest absolute Gasteiger partial charge is 0.313 e. The van der Waals surface area contributed by atoms with Gasteiger partial charge in [0.1, 0.15) is 5.41 Å². The molecule has 1 saturated heterocycles. The van der Waals surface area contributed by atoms with Crippen LogP contribution in [0.2, 0.25) is 0 Å². The third kappa shape index (κ3) is 4.30. The predicted octanol–water partition coefficient (Wildman–Crippen LogP) is 1.35. The van der Waals surface area contributed by atoms with Crippen molar-refractivity contribution in [3.8, 4) is 0 Å². The molecule has 2 rings (SSSR count). The number of carbonyl (C=O) groups excluding carboxylic acids is 1. The van der Waals surface area contributed by atoms with Gasteiger partial charge >= 0.3 is 5.97 Å². The number of anilines is 1. The van der Waals surface area contributed by atoms with Crippen LogP contribution in [0.5, 0.6) is 0 Å². The number of pyridine rings is 1. The van der Waals surface area contributed by atoms with Crippen molar-refractivity contribution in [1.82, 2.24) is 9.88 Å². The zero-order valence-electron chi connectivity index (χ0n) is 13.9. The fraction of sp³-hybridized carbons (Fsp3) is 0.588. The lowest BCUT2D eigenvalue weighted by Crippen LogP contribution is -2.56. The summed E-state index contributed by atoms with van der Waals surface area (Å²) < 4.78 is 0. The SMILES string of the molecule is CCC[C@]1(C(=O)O)CN(CCC(=O)Nc2cccnc2)CC[C@H]1O. The highest BCUT2D eigenvalue weighted by Crippen LogP contribution is 2.35. The van der Waals surface area contributed by atoms with E-state index in [2.05, 4.69) is 10.3 Å². The minimum absolute atomic E-state index is 0.134. The number of amides is 1. The molecule has 0 bridgehead atoms. The maximum atomic E-state index is 12.0. The Hall–Kier alpha value is -1.99. The Bertz CT molecular complexity index is 566. The van der Waals surface area contributed by atoms with Gasteiger partial charge in [0.05, 0.1) is 18.0 Å². The molecule has 0 aromatic carbocycles. The Balaban J connectivity index is 1.90. The van der Waals surface area contributed by atoms with Crippen molar-refractivity contribution in [2.75, 3.05) is 25.0 Å². The fourth-order valence-corrected chi connectivity index (χ4v) is 3.28. The molecule has 0 unspecified atom stereocenters. The Morgan fingerprint density at radius 1 is 1.50 bits per heavy atom. The van der Waals surface area contributed by atoms with Crippen LogP contribution in [-0.2, 0) is 9.59 Å². The van der Waals surface area contributed by atoms with Crippen molar-refractivity contribution in [2.45, 2.75) is 38.7 Å². The molecule has 1 aromatic rings. The summed E-state index contributed by atoms with van der Waals surface area (Å²) in [5, 5.41) is 22.6. The second kappa shape index (κ2) is 8.21. The van der Waals surface area contributed by atoms with Crippen molar-refractivity contribution < 1.29 is 19.8 Å². The number of nitrogens with one attached hydrogen (secondary N) is 1. The topological polar surface area (TPSA) is 103 Å². The monoisotopic (exact) mass is 335 g/mol. The van der Waals surface area contributed by atoms with E-state index in [0.717, 1.165) is 0 Å². The number of carboxylic acids is 1. The molecule has 1 aromatic heterocycles. The second-order valence-corrected chi connectivity index (χ2v) is 6.33. The maximum Gasteiger partial charge on any atom is 0.313 e. The Labute approximate surface area is 141 Å². The number of carbonyl (C=O) groups is 2. The van der Waals surface area contributed by atoms with Crippen LogP contribution in [0, 0.1) is 5.41 Å². The highest BCUT2D eigenvalue weighted by Gasteiger charge is 2.48. The van der Waals surface area contributed by atoms with Crippen LogP contribution in [0.3, 0.4) is 0 Å². The van der Waals surface area contributed by atoms with Gasteiger partial charge in [-0.3, -0.25) is 14.6 Å². The van der Waals surface area contributed by atoms with E-state index in [4.69, 9.17) is 0 Å². The normalized spacial score (nSPS) is 24.5. The van der Waals surface area contributed by atoms with E-state index in [1.54, 1.807) is 24.5 Å². The van der Waals surface area contributed by atoms with Gasteiger partial charge in [-0.15, -0.1) is 0 Å². The first kappa shape index (κ1) is 18.4. The number of rotatable bonds is 7. The molecule has 1 amide bonds. The summed E-state index contributed by atoms with van der Waals surface area (Å²) in [5.74, 6) is -1.09.